The van der Waals surface area contributed by atoms with Gasteiger partial charge in [-0.15, -0.1) is 0 Å². The van der Waals surface area contributed by atoms with Crippen molar-refractivity contribution in [3.8, 4) is 0 Å². The summed E-state index contributed by atoms with van der Waals surface area (Å²) in [6, 6.07) is 7.51. The Morgan fingerprint density at radius 1 is 1.32 bits per heavy atom. The molecule has 0 aliphatic carbocycles. The molecule has 1 saturated heterocycles. The van der Waals surface area contributed by atoms with Gasteiger partial charge in [0.05, 0.1) is 5.69 Å². The summed E-state index contributed by atoms with van der Waals surface area (Å²) in [7, 11) is 0. The first kappa shape index (κ1) is 14.9. The number of rotatable bonds is 5. The molecule has 19 heavy (non-hydrogen) atoms. The molecule has 1 aliphatic rings. The van der Waals surface area contributed by atoms with Gasteiger partial charge in [-0.2, -0.15) is 0 Å². The lowest BCUT2D eigenvalue weighted by atomic mass is 9.99. The average Bonchev–Trinajstić information content (AvgIpc) is 2.45. The van der Waals surface area contributed by atoms with E-state index in [-0.39, 0.29) is 0 Å². The highest BCUT2D eigenvalue weighted by molar-refractivity contribution is 9.10. The summed E-state index contributed by atoms with van der Waals surface area (Å²) in [5.74, 6) is 0. The Bertz CT molecular complexity index is 406. The van der Waals surface area contributed by atoms with Crippen molar-refractivity contribution in [3.05, 3.63) is 28.2 Å². The van der Waals surface area contributed by atoms with E-state index in [1.807, 2.05) is 0 Å². The molecular weight excluding hydrogens is 300 g/mol. The molecular formula is C16H25BrN2. The summed E-state index contributed by atoms with van der Waals surface area (Å²) < 4.78 is 1.24. The molecule has 0 radical (unpaired) electrons. The van der Waals surface area contributed by atoms with Gasteiger partial charge in [0.15, 0.2) is 0 Å². The molecule has 0 saturated carbocycles. The van der Waals surface area contributed by atoms with Crippen LogP contribution >= 0.6 is 15.9 Å². The SMILES string of the molecule is CCNCc1ccc(N2CCCCC2CC)c(Br)c1. The maximum absolute atomic E-state index is 3.76. The minimum Gasteiger partial charge on any atom is -0.368 e. The third kappa shape index (κ3) is 3.73. The van der Waals surface area contributed by atoms with Crippen molar-refractivity contribution in [2.45, 2.75) is 52.1 Å². The molecule has 1 aromatic rings. The van der Waals surface area contributed by atoms with Gasteiger partial charge in [-0.1, -0.05) is 19.9 Å². The number of benzene rings is 1. The van der Waals surface area contributed by atoms with Crippen LogP contribution in [0, 0.1) is 0 Å². The predicted octanol–water partition coefficient (Wildman–Crippen LogP) is 4.33. The smallest absolute Gasteiger partial charge is 0.0513 e. The largest absolute Gasteiger partial charge is 0.368 e. The van der Waals surface area contributed by atoms with Crippen molar-refractivity contribution >= 4 is 21.6 Å². The molecule has 1 unspecified atom stereocenters. The van der Waals surface area contributed by atoms with E-state index in [0.717, 1.165) is 13.1 Å². The van der Waals surface area contributed by atoms with E-state index in [1.165, 1.54) is 48.0 Å². The molecule has 3 heteroatoms. The van der Waals surface area contributed by atoms with Crippen molar-refractivity contribution in [1.29, 1.82) is 0 Å². The van der Waals surface area contributed by atoms with Crippen LogP contribution in [-0.4, -0.2) is 19.1 Å². The minimum absolute atomic E-state index is 0.713. The molecule has 1 aromatic carbocycles. The van der Waals surface area contributed by atoms with E-state index in [1.54, 1.807) is 0 Å². The molecule has 1 N–H and O–H groups in total. The first-order valence-electron chi connectivity index (χ1n) is 7.52. The standard InChI is InChI=1S/C16H25BrN2/c1-3-14-7-5-6-10-19(14)16-9-8-13(11-15(16)17)12-18-4-2/h8-9,11,14,18H,3-7,10,12H2,1-2H3. The Hall–Kier alpha value is -0.540. The first-order valence-corrected chi connectivity index (χ1v) is 8.31. The second-order valence-electron chi connectivity index (χ2n) is 5.32. The molecule has 106 valence electrons. The molecule has 0 aromatic heterocycles. The summed E-state index contributed by atoms with van der Waals surface area (Å²) >= 11 is 3.76. The fourth-order valence-electron chi connectivity index (χ4n) is 2.90. The number of halogens is 1. The summed E-state index contributed by atoms with van der Waals surface area (Å²) in [6.07, 6.45) is 5.28. The van der Waals surface area contributed by atoms with Crippen LogP contribution in [0.1, 0.15) is 45.1 Å². The highest BCUT2D eigenvalue weighted by Gasteiger charge is 2.22. The van der Waals surface area contributed by atoms with E-state index in [9.17, 15) is 0 Å². The van der Waals surface area contributed by atoms with Gasteiger partial charge in [0.2, 0.25) is 0 Å². The number of hydrogen-bond donors (Lipinski definition) is 1. The maximum Gasteiger partial charge on any atom is 0.0513 e. The van der Waals surface area contributed by atoms with Crippen LogP contribution in [0.3, 0.4) is 0 Å². The molecule has 0 bridgehead atoms. The number of hydrogen-bond acceptors (Lipinski definition) is 2. The van der Waals surface area contributed by atoms with Gasteiger partial charge >= 0.3 is 0 Å². The van der Waals surface area contributed by atoms with Crippen LogP contribution < -0.4 is 10.2 Å². The van der Waals surface area contributed by atoms with Gasteiger partial charge in [0.1, 0.15) is 0 Å². The van der Waals surface area contributed by atoms with Crippen molar-refractivity contribution < 1.29 is 0 Å². The van der Waals surface area contributed by atoms with Gasteiger partial charge in [0, 0.05) is 23.6 Å². The lowest BCUT2D eigenvalue weighted by Crippen LogP contribution is -2.39. The number of nitrogens with zero attached hydrogens (tertiary/aromatic N) is 1. The van der Waals surface area contributed by atoms with E-state index < -0.39 is 0 Å². The molecule has 0 amide bonds. The summed E-state index contributed by atoms with van der Waals surface area (Å²) in [4.78, 5) is 2.59. The second kappa shape index (κ2) is 7.30. The van der Waals surface area contributed by atoms with Gasteiger partial charge in [-0.05, 0) is 65.9 Å². The number of piperidine rings is 1. The Kier molecular flexibility index (Phi) is 5.71. The van der Waals surface area contributed by atoms with Crippen LogP contribution in [0.15, 0.2) is 22.7 Å². The Morgan fingerprint density at radius 3 is 2.84 bits per heavy atom. The molecule has 1 atom stereocenters. The summed E-state index contributed by atoms with van der Waals surface area (Å²) in [6.45, 7) is 7.61. The van der Waals surface area contributed by atoms with Crippen LogP contribution in [0.4, 0.5) is 5.69 Å². The first-order chi connectivity index (χ1) is 9.26. The average molecular weight is 325 g/mol. The maximum atomic E-state index is 3.76. The van der Waals surface area contributed by atoms with Crippen molar-refractivity contribution in [2.75, 3.05) is 18.0 Å². The van der Waals surface area contributed by atoms with Crippen LogP contribution in [0.25, 0.3) is 0 Å². The number of anilines is 1. The molecule has 1 heterocycles. The van der Waals surface area contributed by atoms with Gasteiger partial charge < -0.3 is 10.2 Å². The van der Waals surface area contributed by atoms with Crippen molar-refractivity contribution in [2.24, 2.45) is 0 Å². The normalized spacial score (nSPS) is 19.7. The van der Waals surface area contributed by atoms with E-state index in [2.05, 4.69) is 58.2 Å². The van der Waals surface area contributed by atoms with E-state index in [4.69, 9.17) is 0 Å². The van der Waals surface area contributed by atoms with Crippen LogP contribution in [0.2, 0.25) is 0 Å². The van der Waals surface area contributed by atoms with Crippen LogP contribution in [-0.2, 0) is 6.54 Å². The van der Waals surface area contributed by atoms with E-state index >= 15 is 0 Å². The zero-order chi connectivity index (χ0) is 13.7. The Labute approximate surface area is 125 Å². The molecule has 0 spiro atoms. The monoisotopic (exact) mass is 324 g/mol. The molecule has 1 fully saturated rings. The second-order valence-corrected chi connectivity index (χ2v) is 6.17. The topological polar surface area (TPSA) is 15.3 Å². The molecule has 2 rings (SSSR count). The van der Waals surface area contributed by atoms with E-state index in [0.29, 0.717) is 6.04 Å². The lowest BCUT2D eigenvalue weighted by Gasteiger charge is -2.37. The van der Waals surface area contributed by atoms with Gasteiger partial charge in [-0.3, -0.25) is 0 Å². The predicted molar refractivity (Wildman–Crippen MR) is 86.8 cm³/mol. The third-order valence-electron chi connectivity index (χ3n) is 4.00. The third-order valence-corrected chi connectivity index (χ3v) is 4.63. The Morgan fingerprint density at radius 2 is 2.16 bits per heavy atom. The molecule has 1 aliphatic heterocycles. The summed E-state index contributed by atoms with van der Waals surface area (Å²) in [5.41, 5.74) is 2.72. The zero-order valence-electron chi connectivity index (χ0n) is 12.1. The summed E-state index contributed by atoms with van der Waals surface area (Å²) in [5, 5.41) is 3.38. The minimum atomic E-state index is 0.713. The van der Waals surface area contributed by atoms with Crippen molar-refractivity contribution in [3.63, 3.8) is 0 Å². The lowest BCUT2D eigenvalue weighted by molar-refractivity contribution is 0.449. The number of nitrogens with one attached hydrogen (secondary N) is 1. The fourth-order valence-corrected chi connectivity index (χ4v) is 3.56. The fraction of sp³-hybridized carbons (Fsp3) is 0.625. The van der Waals surface area contributed by atoms with Gasteiger partial charge in [-0.25, -0.2) is 0 Å². The quantitative estimate of drug-likeness (QED) is 0.867. The van der Waals surface area contributed by atoms with Crippen LogP contribution in [0.5, 0.6) is 0 Å². The van der Waals surface area contributed by atoms with Gasteiger partial charge in [0.25, 0.3) is 0 Å². The van der Waals surface area contributed by atoms with Crippen molar-refractivity contribution in [1.82, 2.24) is 5.32 Å². The Balaban J connectivity index is 2.14. The molecule has 2 nitrogen and oxygen atoms in total. The highest BCUT2D eigenvalue weighted by Crippen LogP contribution is 2.33. The highest BCUT2D eigenvalue weighted by atomic mass is 79.9. The zero-order valence-corrected chi connectivity index (χ0v) is 13.7.